The number of ketones is 2. The predicted octanol–water partition coefficient (Wildman–Crippen LogP) is 4.92. The molecule has 3 aromatic carbocycles. The first-order valence-electron chi connectivity index (χ1n) is 8.84. The van der Waals surface area contributed by atoms with Crippen molar-refractivity contribution < 1.29 is 19.4 Å². The number of hydrogen-bond acceptors (Lipinski definition) is 4. The minimum absolute atomic E-state index is 0.0265. The maximum absolute atomic E-state index is 12.7. The van der Waals surface area contributed by atoms with Gasteiger partial charge in [0.05, 0.1) is 13.5 Å². The van der Waals surface area contributed by atoms with E-state index in [9.17, 15) is 14.7 Å². The Morgan fingerprint density at radius 3 is 2.43 bits per heavy atom. The normalized spacial score (nSPS) is 10.8. The lowest BCUT2D eigenvalue weighted by atomic mass is 9.95. The van der Waals surface area contributed by atoms with E-state index in [2.05, 4.69) is 0 Å². The molecule has 0 amide bonds. The summed E-state index contributed by atoms with van der Waals surface area (Å²) in [6.07, 6.45) is 2.76. The molecule has 140 valence electrons. The fourth-order valence-electron chi connectivity index (χ4n) is 2.90. The Kier molecular flexibility index (Phi) is 6.02. The number of phenolic OH excluding ortho intramolecular Hbond substituents is 1. The predicted molar refractivity (Wildman–Crippen MR) is 110 cm³/mol. The maximum Gasteiger partial charge on any atom is 0.171 e. The number of phenols is 1. The summed E-state index contributed by atoms with van der Waals surface area (Å²) in [4.78, 5) is 25.0. The molecule has 28 heavy (non-hydrogen) atoms. The van der Waals surface area contributed by atoms with Crippen molar-refractivity contribution in [2.45, 2.75) is 6.42 Å². The van der Waals surface area contributed by atoms with Crippen molar-refractivity contribution in [3.8, 4) is 22.6 Å². The molecule has 3 rings (SSSR count). The number of rotatable bonds is 7. The van der Waals surface area contributed by atoms with Crippen LogP contribution in [-0.2, 0) is 4.79 Å². The van der Waals surface area contributed by atoms with Gasteiger partial charge in [-0.05, 0) is 34.9 Å². The Hall–Kier alpha value is -3.66. The highest BCUT2D eigenvalue weighted by molar-refractivity contribution is 6.14. The van der Waals surface area contributed by atoms with Gasteiger partial charge in [0.2, 0.25) is 0 Å². The van der Waals surface area contributed by atoms with Crippen molar-refractivity contribution in [3.05, 3.63) is 90.0 Å². The molecule has 0 spiro atoms. The Balaban J connectivity index is 1.74. The van der Waals surface area contributed by atoms with Crippen molar-refractivity contribution in [1.29, 1.82) is 0 Å². The standard InChI is InChI=1S/C24H20O4/c1-28-24-15-17(12-14-22(24)26)11-13-19(25)16-23(27)21-10-6-5-9-20(21)18-7-3-2-4-8-18/h2-15,26H,16H2,1H3. The van der Waals surface area contributed by atoms with Crippen LogP contribution in [0.3, 0.4) is 0 Å². The Labute approximate surface area is 163 Å². The molecule has 0 heterocycles. The first-order valence-corrected chi connectivity index (χ1v) is 8.84. The average Bonchev–Trinajstić information content (AvgIpc) is 2.73. The number of carbonyl (C=O) groups is 2. The number of allylic oxidation sites excluding steroid dienone is 1. The summed E-state index contributed by atoms with van der Waals surface area (Å²) in [7, 11) is 1.45. The quantitative estimate of drug-likeness (QED) is 0.363. The zero-order chi connectivity index (χ0) is 19.9. The minimum Gasteiger partial charge on any atom is -0.504 e. The largest absolute Gasteiger partial charge is 0.504 e. The van der Waals surface area contributed by atoms with Crippen LogP contribution in [0.4, 0.5) is 0 Å². The van der Waals surface area contributed by atoms with E-state index in [0.29, 0.717) is 16.9 Å². The number of hydrogen-bond donors (Lipinski definition) is 1. The molecule has 0 atom stereocenters. The van der Waals surface area contributed by atoms with Crippen LogP contribution in [0, 0.1) is 0 Å². The SMILES string of the molecule is COc1cc(C=CC(=O)CC(=O)c2ccccc2-c2ccccc2)ccc1O. The fraction of sp³-hybridized carbons (Fsp3) is 0.0833. The third-order valence-corrected chi connectivity index (χ3v) is 4.31. The van der Waals surface area contributed by atoms with Crippen LogP contribution in [0.5, 0.6) is 11.5 Å². The van der Waals surface area contributed by atoms with Gasteiger partial charge in [-0.15, -0.1) is 0 Å². The Morgan fingerprint density at radius 1 is 0.964 bits per heavy atom. The zero-order valence-corrected chi connectivity index (χ0v) is 15.5. The fourth-order valence-corrected chi connectivity index (χ4v) is 2.90. The van der Waals surface area contributed by atoms with E-state index < -0.39 is 0 Å². The summed E-state index contributed by atoms with van der Waals surface area (Å²) >= 11 is 0. The van der Waals surface area contributed by atoms with Crippen molar-refractivity contribution in [2.24, 2.45) is 0 Å². The average molecular weight is 372 g/mol. The molecule has 3 aromatic rings. The molecule has 0 aliphatic carbocycles. The van der Waals surface area contributed by atoms with Gasteiger partial charge in [0.25, 0.3) is 0 Å². The lowest BCUT2D eigenvalue weighted by Crippen LogP contribution is -2.07. The van der Waals surface area contributed by atoms with Crippen LogP contribution in [0.2, 0.25) is 0 Å². The second-order valence-corrected chi connectivity index (χ2v) is 6.24. The summed E-state index contributed by atoms with van der Waals surface area (Å²) in [5, 5.41) is 9.62. The monoisotopic (exact) mass is 372 g/mol. The summed E-state index contributed by atoms with van der Waals surface area (Å²) in [5.41, 5.74) is 2.97. The second-order valence-electron chi connectivity index (χ2n) is 6.24. The molecule has 4 nitrogen and oxygen atoms in total. The van der Waals surface area contributed by atoms with Gasteiger partial charge in [-0.1, -0.05) is 66.7 Å². The van der Waals surface area contributed by atoms with Crippen molar-refractivity contribution in [1.82, 2.24) is 0 Å². The zero-order valence-electron chi connectivity index (χ0n) is 15.5. The van der Waals surface area contributed by atoms with Gasteiger partial charge in [-0.3, -0.25) is 9.59 Å². The van der Waals surface area contributed by atoms with Gasteiger partial charge in [-0.2, -0.15) is 0 Å². The highest BCUT2D eigenvalue weighted by Gasteiger charge is 2.14. The molecule has 0 radical (unpaired) electrons. The third kappa shape index (κ3) is 4.54. The summed E-state index contributed by atoms with van der Waals surface area (Å²) in [6.45, 7) is 0. The molecule has 0 aliphatic heterocycles. The molecular weight excluding hydrogens is 352 g/mol. The molecule has 0 saturated heterocycles. The lowest BCUT2D eigenvalue weighted by molar-refractivity contribution is -0.113. The van der Waals surface area contributed by atoms with Crippen LogP contribution in [0.15, 0.2) is 78.9 Å². The van der Waals surface area contributed by atoms with Gasteiger partial charge in [0, 0.05) is 5.56 Å². The van der Waals surface area contributed by atoms with E-state index in [-0.39, 0.29) is 23.7 Å². The van der Waals surface area contributed by atoms with Crippen LogP contribution in [0.25, 0.3) is 17.2 Å². The molecule has 4 heteroatoms. The van der Waals surface area contributed by atoms with E-state index >= 15 is 0 Å². The maximum atomic E-state index is 12.7. The number of aromatic hydroxyl groups is 1. The van der Waals surface area contributed by atoms with Gasteiger partial charge < -0.3 is 9.84 Å². The van der Waals surface area contributed by atoms with E-state index in [4.69, 9.17) is 4.74 Å². The molecular formula is C24H20O4. The molecule has 0 aliphatic rings. The van der Waals surface area contributed by atoms with E-state index in [1.807, 2.05) is 42.5 Å². The molecule has 0 saturated carbocycles. The molecule has 0 fully saturated rings. The second kappa shape index (κ2) is 8.82. The number of carbonyl (C=O) groups excluding carboxylic acids is 2. The molecule has 0 bridgehead atoms. The molecule has 0 aromatic heterocycles. The summed E-state index contributed by atoms with van der Waals surface area (Å²) in [5.74, 6) is -0.168. The van der Waals surface area contributed by atoms with Crippen LogP contribution >= 0.6 is 0 Å². The third-order valence-electron chi connectivity index (χ3n) is 4.31. The van der Waals surface area contributed by atoms with Gasteiger partial charge >= 0.3 is 0 Å². The van der Waals surface area contributed by atoms with Crippen LogP contribution < -0.4 is 4.74 Å². The van der Waals surface area contributed by atoms with Gasteiger partial charge in [-0.25, -0.2) is 0 Å². The van der Waals surface area contributed by atoms with E-state index in [1.165, 1.54) is 19.3 Å². The van der Waals surface area contributed by atoms with Crippen molar-refractivity contribution in [3.63, 3.8) is 0 Å². The van der Waals surface area contributed by atoms with E-state index in [0.717, 1.165) is 11.1 Å². The van der Waals surface area contributed by atoms with Crippen molar-refractivity contribution in [2.75, 3.05) is 7.11 Å². The lowest BCUT2D eigenvalue weighted by Gasteiger charge is -2.08. The number of Topliss-reactive ketones (excluding diaryl/α,β-unsaturated/α-hetero) is 1. The van der Waals surface area contributed by atoms with Gasteiger partial charge in [0.1, 0.15) is 0 Å². The topological polar surface area (TPSA) is 63.6 Å². The first kappa shape index (κ1) is 19.1. The number of methoxy groups -OCH3 is 1. The van der Waals surface area contributed by atoms with E-state index in [1.54, 1.807) is 30.3 Å². The summed E-state index contributed by atoms with van der Waals surface area (Å²) < 4.78 is 5.05. The smallest absolute Gasteiger partial charge is 0.171 e. The number of benzene rings is 3. The van der Waals surface area contributed by atoms with Crippen LogP contribution in [-0.4, -0.2) is 23.8 Å². The molecule has 1 N–H and O–H groups in total. The van der Waals surface area contributed by atoms with Gasteiger partial charge in [0.15, 0.2) is 23.1 Å². The molecule has 0 unspecified atom stereocenters. The van der Waals surface area contributed by atoms with Crippen molar-refractivity contribution >= 4 is 17.6 Å². The number of ether oxygens (including phenoxy) is 1. The van der Waals surface area contributed by atoms with Crippen LogP contribution in [0.1, 0.15) is 22.3 Å². The summed E-state index contributed by atoms with van der Waals surface area (Å²) in [6, 6.07) is 21.7. The Bertz CT molecular complexity index is 1020. The minimum atomic E-state index is -0.292. The first-order chi connectivity index (χ1) is 13.6. The highest BCUT2D eigenvalue weighted by atomic mass is 16.5. The highest BCUT2D eigenvalue weighted by Crippen LogP contribution is 2.27. The Morgan fingerprint density at radius 2 is 1.68 bits per heavy atom.